The molecule has 0 spiro atoms. The lowest BCUT2D eigenvalue weighted by Crippen LogP contribution is -2.41. The molecule has 2 amide bonds. The molecule has 1 aromatic heterocycles. The van der Waals surface area contributed by atoms with E-state index in [1.54, 1.807) is 22.8 Å². The topological polar surface area (TPSA) is 72.3 Å². The van der Waals surface area contributed by atoms with E-state index in [-0.39, 0.29) is 12.1 Å². The minimum atomic E-state index is -0.213. The molecule has 0 radical (unpaired) electrons. The molecule has 1 atom stereocenters. The Labute approximate surface area is 136 Å². The van der Waals surface area contributed by atoms with Gasteiger partial charge in [0.1, 0.15) is 18.7 Å². The largest absolute Gasteiger partial charge is 0.492 e. The van der Waals surface area contributed by atoms with Crippen molar-refractivity contribution in [3.63, 3.8) is 0 Å². The van der Waals surface area contributed by atoms with E-state index in [0.717, 1.165) is 5.75 Å². The van der Waals surface area contributed by atoms with Crippen LogP contribution in [0.25, 0.3) is 0 Å². The molecule has 0 fully saturated rings. The lowest BCUT2D eigenvalue weighted by Gasteiger charge is -2.21. The number of likely N-dealkylation sites (N-methyl/N-ethyl adjacent to an activating group) is 1. The minimum Gasteiger partial charge on any atom is -0.492 e. The average Bonchev–Trinajstić information content (AvgIpc) is 2.95. The summed E-state index contributed by atoms with van der Waals surface area (Å²) in [7, 11) is 3.58. The van der Waals surface area contributed by atoms with Gasteiger partial charge in [-0.3, -0.25) is 0 Å². The van der Waals surface area contributed by atoms with Crippen LogP contribution in [0, 0.1) is 6.92 Å². The number of rotatable bonds is 6. The van der Waals surface area contributed by atoms with Crippen molar-refractivity contribution in [3.05, 3.63) is 42.0 Å². The molecule has 1 aromatic carbocycles. The number of carbonyl (C=O) groups excluding carboxylic acids is 1. The molecule has 0 aliphatic heterocycles. The van der Waals surface area contributed by atoms with E-state index in [4.69, 9.17) is 4.74 Å². The van der Waals surface area contributed by atoms with Crippen LogP contribution in [0.15, 0.2) is 30.6 Å². The third-order valence-electron chi connectivity index (χ3n) is 3.54. The molecule has 0 bridgehead atoms. The standard InChI is InChI=1S/C16H23N5O2/c1-12-5-7-14(8-6-12)23-10-9-20(3)16(22)18-13(2)15-19-17-11-21(15)4/h5-8,11,13H,9-10H2,1-4H3,(H,18,22)/t13-/m1/s1. The first-order valence-electron chi connectivity index (χ1n) is 7.52. The molecule has 0 saturated carbocycles. The molecule has 1 heterocycles. The molecule has 23 heavy (non-hydrogen) atoms. The zero-order valence-corrected chi connectivity index (χ0v) is 14.0. The molecular weight excluding hydrogens is 294 g/mol. The van der Waals surface area contributed by atoms with E-state index in [0.29, 0.717) is 19.0 Å². The first kappa shape index (κ1) is 16.8. The van der Waals surface area contributed by atoms with Gasteiger partial charge in [-0.25, -0.2) is 4.79 Å². The summed E-state index contributed by atoms with van der Waals surface area (Å²) in [4.78, 5) is 13.7. The van der Waals surface area contributed by atoms with Gasteiger partial charge in [0.25, 0.3) is 0 Å². The molecule has 124 valence electrons. The molecule has 0 unspecified atom stereocenters. The van der Waals surface area contributed by atoms with Gasteiger partial charge in [0.05, 0.1) is 12.6 Å². The van der Waals surface area contributed by atoms with Crippen LogP contribution in [0.5, 0.6) is 5.75 Å². The first-order valence-corrected chi connectivity index (χ1v) is 7.52. The first-order chi connectivity index (χ1) is 11.0. The maximum absolute atomic E-state index is 12.1. The second-order valence-electron chi connectivity index (χ2n) is 5.55. The summed E-state index contributed by atoms with van der Waals surface area (Å²) in [6.07, 6.45) is 1.61. The molecule has 7 heteroatoms. The number of aromatic nitrogens is 3. The van der Waals surface area contributed by atoms with Crippen molar-refractivity contribution in [2.24, 2.45) is 7.05 Å². The third kappa shape index (κ3) is 4.70. The van der Waals surface area contributed by atoms with Crippen molar-refractivity contribution in [1.82, 2.24) is 25.0 Å². The number of benzene rings is 1. The molecule has 1 N–H and O–H groups in total. The van der Waals surface area contributed by atoms with Crippen molar-refractivity contribution in [2.45, 2.75) is 19.9 Å². The number of aryl methyl sites for hydroxylation is 2. The van der Waals surface area contributed by atoms with Gasteiger partial charge in [-0.05, 0) is 26.0 Å². The highest BCUT2D eigenvalue weighted by atomic mass is 16.5. The van der Waals surface area contributed by atoms with Gasteiger partial charge < -0.3 is 19.5 Å². The lowest BCUT2D eigenvalue weighted by molar-refractivity contribution is 0.192. The fourth-order valence-electron chi connectivity index (χ4n) is 2.08. The Kier molecular flexibility index (Phi) is 5.56. The molecule has 0 aliphatic carbocycles. The maximum Gasteiger partial charge on any atom is 0.317 e. The fraction of sp³-hybridized carbons (Fsp3) is 0.438. The van der Waals surface area contributed by atoms with Gasteiger partial charge in [-0.1, -0.05) is 17.7 Å². The van der Waals surface area contributed by atoms with E-state index in [1.165, 1.54) is 5.56 Å². The number of hydrogen-bond acceptors (Lipinski definition) is 4. The number of amides is 2. The Morgan fingerprint density at radius 1 is 1.39 bits per heavy atom. The van der Waals surface area contributed by atoms with Gasteiger partial charge in [0.2, 0.25) is 0 Å². The number of urea groups is 1. The summed E-state index contributed by atoms with van der Waals surface area (Å²) in [6.45, 7) is 4.83. The summed E-state index contributed by atoms with van der Waals surface area (Å²) >= 11 is 0. The summed E-state index contributed by atoms with van der Waals surface area (Å²) in [5, 5.41) is 10.7. The van der Waals surface area contributed by atoms with Gasteiger partial charge in [0, 0.05) is 14.1 Å². The molecule has 0 saturated heterocycles. The monoisotopic (exact) mass is 317 g/mol. The molecule has 0 aliphatic rings. The molecule has 2 aromatic rings. The van der Waals surface area contributed by atoms with Crippen LogP contribution in [-0.4, -0.2) is 45.9 Å². The van der Waals surface area contributed by atoms with E-state index in [2.05, 4.69) is 15.5 Å². The number of carbonyl (C=O) groups is 1. The van der Waals surface area contributed by atoms with Crippen LogP contribution < -0.4 is 10.1 Å². The smallest absolute Gasteiger partial charge is 0.317 e. The Balaban J connectivity index is 1.76. The quantitative estimate of drug-likeness (QED) is 0.883. The van der Waals surface area contributed by atoms with Crippen LogP contribution >= 0.6 is 0 Å². The van der Waals surface area contributed by atoms with Gasteiger partial charge in [-0.2, -0.15) is 0 Å². The van der Waals surface area contributed by atoms with Gasteiger partial charge in [-0.15, -0.1) is 10.2 Å². The molecule has 2 rings (SSSR count). The van der Waals surface area contributed by atoms with Crippen molar-refractivity contribution < 1.29 is 9.53 Å². The van der Waals surface area contributed by atoms with Crippen LogP contribution in [0.3, 0.4) is 0 Å². The van der Waals surface area contributed by atoms with E-state index >= 15 is 0 Å². The normalized spacial score (nSPS) is 11.8. The molecule has 7 nitrogen and oxygen atoms in total. The number of hydrogen-bond donors (Lipinski definition) is 1. The van der Waals surface area contributed by atoms with Crippen LogP contribution in [0.4, 0.5) is 4.79 Å². The summed E-state index contributed by atoms with van der Waals surface area (Å²) in [5.74, 6) is 1.51. The van der Waals surface area contributed by atoms with Crippen LogP contribution in [0.1, 0.15) is 24.4 Å². The van der Waals surface area contributed by atoms with E-state index in [1.807, 2.05) is 45.2 Å². The number of nitrogens with zero attached hydrogens (tertiary/aromatic N) is 4. The Morgan fingerprint density at radius 3 is 2.70 bits per heavy atom. The number of nitrogens with one attached hydrogen (secondary N) is 1. The van der Waals surface area contributed by atoms with E-state index < -0.39 is 0 Å². The second-order valence-corrected chi connectivity index (χ2v) is 5.55. The highest BCUT2D eigenvalue weighted by Gasteiger charge is 2.16. The number of ether oxygens (including phenoxy) is 1. The van der Waals surface area contributed by atoms with E-state index in [9.17, 15) is 4.79 Å². The van der Waals surface area contributed by atoms with Crippen LogP contribution in [-0.2, 0) is 7.05 Å². The van der Waals surface area contributed by atoms with Gasteiger partial charge in [0.15, 0.2) is 5.82 Å². The predicted octanol–water partition coefficient (Wildman–Crippen LogP) is 1.90. The maximum atomic E-state index is 12.1. The van der Waals surface area contributed by atoms with Crippen LogP contribution in [0.2, 0.25) is 0 Å². The highest BCUT2D eigenvalue weighted by Crippen LogP contribution is 2.11. The zero-order valence-electron chi connectivity index (χ0n) is 14.0. The van der Waals surface area contributed by atoms with Crippen molar-refractivity contribution in [3.8, 4) is 5.75 Å². The van der Waals surface area contributed by atoms with Crippen molar-refractivity contribution in [1.29, 1.82) is 0 Å². The fourth-order valence-corrected chi connectivity index (χ4v) is 2.08. The second kappa shape index (κ2) is 7.62. The molecular formula is C16H23N5O2. The summed E-state index contributed by atoms with van der Waals surface area (Å²) in [6, 6.07) is 7.45. The highest BCUT2D eigenvalue weighted by molar-refractivity contribution is 5.74. The summed E-state index contributed by atoms with van der Waals surface area (Å²) < 4.78 is 7.41. The van der Waals surface area contributed by atoms with Crippen molar-refractivity contribution >= 4 is 6.03 Å². The predicted molar refractivity (Wildman–Crippen MR) is 87.3 cm³/mol. The lowest BCUT2D eigenvalue weighted by atomic mass is 10.2. The Bertz CT molecular complexity index is 638. The minimum absolute atomic E-state index is 0.173. The average molecular weight is 317 g/mol. The van der Waals surface area contributed by atoms with Crippen molar-refractivity contribution in [2.75, 3.05) is 20.2 Å². The van der Waals surface area contributed by atoms with Gasteiger partial charge >= 0.3 is 6.03 Å². The Hall–Kier alpha value is -2.57. The third-order valence-corrected chi connectivity index (χ3v) is 3.54. The Morgan fingerprint density at radius 2 is 2.09 bits per heavy atom. The SMILES string of the molecule is Cc1ccc(OCCN(C)C(=O)N[C@H](C)c2nncn2C)cc1. The zero-order chi connectivity index (χ0) is 16.8. The summed E-state index contributed by atoms with van der Waals surface area (Å²) in [5.41, 5.74) is 1.19.